The number of rotatable bonds is 5. The lowest BCUT2D eigenvalue weighted by molar-refractivity contribution is 0.202. The van der Waals surface area contributed by atoms with Crippen LogP contribution >= 0.6 is 0 Å². The van der Waals surface area contributed by atoms with Crippen molar-refractivity contribution in [1.82, 2.24) is 14.4 Å². The SMILES string of the molecule is CC(C)[Si](C(C)C)(C(C)C)n1ccc2ccc(C3CNCCN3C)cc21. The van der Waals surface area contributed by atoms with Crippen molar-refractivity contribution in [3.05, 3.63) is 36.0 Å². The van der Waals surface area contributed by atoms with Gasteiger partial charge in [-0.25, -0.2) is 0 Å². The molecule has 1 aromatic heterocycles. The summed E-state index contributed by atoms with van der Waals surface area (Å²) < 4.78 is 2.74. The van der Waals surface area contributed by atoms with Crippen LogP contribution in [0.15, 0.2) is 30.5 Å². The lowest BCUT2D eigenvalue weighted by Crippen LogP contribution is -2.51. The summed E-state index contributed by atoms with van der Waals surface area (Å²) in [6, 6.07) is 9.97. The van der Waals surface area contributed by atoms with Crippen LogP contribution in [0.1, 0.15) is 53.1 Å². The van der Waals surface area contributed by atoms with Gasteiger partial charge in [0.2, 0.25) is 0 Å². The first kappa shape index (κ1) is 19.7. The average Bonchev–Trinajstić information content (AvgIpc) is 2.98. The number of hydrogen-bond donors (Lipinski definition) is 1. The second-order valence-corrected chi connectivity index (χ2v) is 14.8. The molecule has 2 heterocycles. The van der Waals surface area contributed by atoms with Crippen LogP contribution in [0.2, 0.25) is 16.6 Å². The lowest BCUT2D eigenvalue weighted by Gasteiger charge is -2.44. The summed E-state index contributed by atoms with van der Waals surface area (Å²) in [5.41, 5.74) is 5.03. The van der Waals surface area contributed by atoms with Gasteiger partial charge in [0.1, 0.15) is 0 Å². The molecule has 1 atom stereocenters. The van der Waals surface area contributed by atoms with E-state index in [1.165, 1.54) is 16.5 Å². The van der Waals surface area contributed by atoms with Crippen molar-refractivity contribution in [3.8, 4) is 0 Å². The van der Waals surface area contributed by atoms with E-state index in [1.54, 1.807) is 0 Å². The number of likely N-dealkylation sites (N-methyl/N-ethyl adjacent to an activating group) is 1. The van der Waals surface area contributed by atoms with E-state index < -0.39 is 8.24 Å². The summed E-state index contributed by atoms with van der Waals surface area (Å²) in [6.45, 7) is 17.9. The Balaban J connectivity index is 2.16. The van der Waals surface area contributed by atoms with Gasteiger partial charge in [0.25, 0.3) is 0 Å². The summed E-state index contributed by atoms with van der Waals surface area (Å²) in [4.78, 5) is 2.49. The highest BCUT2D eigenvalue weighted by Crippen LogP contribution is 2.44. The van der Waals surface area contributed by atoms with Crippen LogP contribution in [0, 0.1) is 0 Å². The summed E-state index contributed by atoms with van der Waals surface area (Å²) in [5.74, 6) is 0. The zero-order chi connectivity index (χ0) is 19.1. The molecule has 1 aliphatic heterocycles. The number of nitrogens with one attached hydrogen (secondary N) is 1. The molecule has 1 aromatic carbocycles. The van der Waals surface area contributed by atoms with E-state index in [0.29, 0.717) is 22.7 Å². The van der Waals surface area contributed by atoms with Gasteiger partial charge < -0.3 is 9.55 Å². The van der Waals surface area contributed by atoms with E-state index in [1.807, 2.05) is 0 Å². The van der Waals surface area contributed by atoms with Crippen molar-refractivity contribution in [2.24, 2.45) is 0 Å². The van der Waals surface area contributed by atoms with Gasteiger partial charge in [-0.3, -0.25) is 4.90 Å². The molecule has 0 aliphatic carbocycles. The highest BCUT2D eigenvalue weighted by atomic mass is 28.3. The van der Waals surface area contributed by atoms with Crippen LogP contribution in [-0.4, -0.2) is 44.0 Å². The molecule has 3 nitrogen and oxygen atoms in total. The molecule has 1 N–H and O–H groups in total. The molecule has 144 valence electrons. The van der Waals surface area contributed by atoms with Crippen LogP contribution in [0.25, 0.3) is 10.9 Å². The normalized spacial score (nSPS) is 20.0. The lowest BCUT2D eigenvalue weighted by atomic mass is 10.0. The van der Waals surface area contributed by atoms with Crippen LogP contribution < -0.4 is 5.32 Å². The summed E-state index contributed by atoms with van der Waals surface area (Å²) in [5, 5.41) is 4.95. The maximum absolute atomic E-state index is 3.57. The van der Waals surface area contributed by atoms with Crippen LogP contribution in [0.3, 0.4) is 0 Å². The fourth-order valence-electron chi connectivity index (χ4n) is 5.70. The number of aromatic nitrogens is 1. The quantitative estimate of drug-likeness (QED) is 0.725. The van der Waals surface area contributed by atoms with E-state index in [0.717, 1.165) is 19.6 Å². The minimum Gasteiger partial charge on any atom is -0.373 e. The van der Waals surface area contributed by atoms with Gasteiger partial charge in [-0.1, -0.05) is 53.7 Å². The first-order valence-corrected chi connectivity index (χ1v) is 12.5. The van der Waals surface area contributed by atoms with Crippen LogP contribution in [-0.2, 0) is 0 Å². The third-order valence-electron chi connectivity index (χ3n) is 6.80. The Labute approximate surface area is 160 Å². The Bertz CT molecular complexity index is 725. The molecule has 1 unspecified atom stereocenters. The predicted molar refractivity (Wildman–Crippen MR) is 117 cm³/mol. The van der Waals surface area contributed by atoms with Crippen molar-refractivity contribution in [1.29, 1.82) is 0 Å². The molecule has 1 saturated heterocycles. The molecule has 1 fully saturated rings. The zero-order valence-corrected chi connectivity index (χ0v) is 18.7. The van der Waals surface area contributed by atoms with E-state index in [-0.39, 0.29) is 0 Å². The number of fused-ring (bicyclic) bond motifs is 1. The van der Waals surface area contributed by atoms with E-state index in [9.17, 15) is 0 Å². The van der Waals surface area contributed by atoms with E-state index in [2.05, 4.69) is 93.5 Å². The zero-order valence-electron chi connectivity index (χ0n) is 17.7. The minimum atomic E-state index is -1.72. The molecule has 0 bridgehead atoms. The summed E-state index contributed by atoms with van der Waals surface area (Å²) in [7, 11) is 0.536. The molecular formula is C22H37N3Si. The van der Waals surface area contributed by atoms with Crippen molar-refractivity contribution in [3.63, 3.8) is 0 Å². The average molecular weight is 372 g/mol. The number of piperazine rings is 1. The topological polar surface area (TPSA) is 20.2 Å². The smallest absolute Gasteiger partial charge is 0.169 e. The van der Waals surface area contributed by atoms with Crippen molar-refractivity contribution in [2.75, 3.05) is 26.7 Å². The Morgan fingerprint density at radius 3 is 2.23 bits per heavy atom. The largest absolute Gasteiger partial charge is 0.373 e. The first-order valence-electron chi connectivity index (χ1n) is 10.3. The third-order valence-corrected chi connectivity index (χ3v) is 13.6. The second-order valence-electron chi connectivity index (χ2n) is 9.06. The summed E-state index contributed by atoms with van der Waals surface area (Å²) in [6.07, 6.45) is 2.39. The number of hydrogen-bond acceptors (Lipinski definition) is 2. The van der Waals surface area contributed by atoms with Gasteiger partial charge in [0, 0.05) is 31.2 Å². The Morgan fingerprint density at radius 1 is 1.00 bits per heavy atom. The molecule has 0 amide bonds. The number of nitrogens with zero attached hydrogens (tertiary/aromatic N) is 2. The minimum absolute atomic E-state index is 0.477. The first-order chi connectivity index (χ1) is 12.3. The molecule has 2 aromatic rings. The highest BCUT2D eigenvalue weighted by molar-refractivity contribution is 6.82. The molecule has 0 saturated carbocycles. The standard InChI is InChI=1S/C22H37N3Si/c1-16(2)26(17(3)4,18(5)6)25-12-10-19-8-9-20(14-21(19)25)22-15-23-11-13-24(22)7/h8-10,12,14,16-18,22-23H,11,13,15H2,1-7H3. The van der Waals surface area contributed by atoms with Gasteiger partial charge in [0.15, 0.2) is 8.24 Å². The van der Waals surface area contributed by atoms with Gasteiger partial charge in [-0.15, -0.1) is 0 Å². The maximum Gasteiger partial charge on any atom is 0.169 e. The second kappa shape index (κ2) is 7.49. The Morgan fingerprint density at radius 2 is 1.65 bits per heavy atom. The highest BCUT2D eigenvalue weighted by Gasteiger charge is 2.45. The summed E-state index contributed by atoms with van der Waals surface area (Å²) >= 11 is 0. The van der Waals surface area contributed by atoms with E-state index >= 15 is 0 Å². The number of benzene rings is 1. The fourth-order valence-corrected chi connectivity index (χ4v) is 12.3. The van der Waals surface area contributed by atoms with E-state index in [4.69, 9.17) is 0 Å². The molecule has 26 heavy (non-hydrogen) atoms. The van der Waals surface area contributed by atoms with Crippen LogP contribution in [0.4, 0.5) is 0 Å². The molecule has 0 spiro atoms. The van der Waals surface area contributed by atoms with Gasteiger partial charge in [-0.2, -0.15) is 0 Å². The molecule has 1 aliphatic rings. The van der Waals surface area contributed by atoms with Gasteiger partial charge in [-0.05, 0) is 53.0 Å². The Kier molecular flexibility index (Phi) is 5.66. The third kappa shape index (κ3) is 3.06. The molecular weight excluding hydrogens is 334 g/mol. The molecule has 4 heteroatoms. The molecule has 0 radical (unpaired) electrons. The fraction of sp³-hybridized carbons (Fsp3) is 0.636. The van der Waals surface area contributed by atoms with Crippen molar-refractivity contribution in [2.45, 2.75) is 64.2 Å². The van der Waals surface area contributed by atoms with Crippen LogP contribution in [0.5, 0.6) is 0 Å². The van der Waals surface area contributed by atoms with Gasteiger partial charge >= 0.3 is 0 Å². The van der Waals surface area contributed by atoms with Crippen molar-refractivity contribution >= 4 is 19.1 Å². The molecule has 3 rings (SSSR count). The van der Waals surface area contributed by atoms with Crippen molar-refractivity contribution < 1.29 is 0 Å². The Hall–Kier alpha value is -1.10. The van der Waals surface area contributed by atoms with Gasteiger partial charge in [0.05, 0.1) is 0 Å². The predicted octanol–water partition coefficient (Wildman–Crippen LogP) is 5.24. The monoisotopic (exact) mass is 371 g/mol. The maximum atomic E-state index is 3.57.